The summed E-state index contributed by atoms with van der Waals surface area (Å²) < 4.78 is 0. The molecule has 0 aliphatic rings. The van der Waals surface area contributed by atoms with Gasteiger partial charge in [0, 0.05) is 0 Å². The molecule has 0 saturated heterocycles. The molecule has 0 aliphatic carbocycles. The van der Waals surface area contributed by atoms with E-state index in [0.717, 1.165) is 19.3 Å². The third-order valence-electron chi connectivity index (χ3n) is 3.71. The minimum Gasteiger partial charge on any atom is -0.286 e. The molecule has 25 heavy (non-hydrogen) atoms. The molecule has 1 aromatic heterocycles. The zero-order valence-electron chi connectivity index (χ0n) is 14.1. The number of carbonyl (C=O) groups is 2. The minimum atomic E-state index is -0.539. The van der Waals surface area contributed by atoms with Gasteiger partial charge in [-0.05, 0) is 18.6 Å². The lowest BCUT2D eigenvalue weighted by atomic mass is 10.0. The quantitative estimate of drug-likeness (QED) is 0.258. The van der Waals surface area contributed by atoms with E-state index >= 15 is 0 Å². The number of benzene rings is 1. The van der Waals surface area contributed by atoms with Crippen LogP contribution in [0.15, 0.2) is 24.3 Å². The molecule has 0 saturated carbocycles. The van der Waals surface area contributed by atoms with Crippen LogP contribution in [0.4, 0.5) is 5.95 Å². The summed E-state index contributed by atoms with van der Waals surface area (Å²) in [5, 5.41) is 17.7. The number of rotatable bonds is 10. The molecule has 0 radical (unpaired) electrons. The predicted molar refractivity (Wildman–Crippen MR) is 91.3 cm³/mol. The number of anilines is 1. The predicted octanol–water partition coefficient (Wildman–Crippen LogP) is 1.51. The third-order valence-corrected chi connectivity index (χ3v) is 3.71. The van der Waals surface area contributed by atoms with Crippen molar-refractivity contribution in [3.05, 3.63) is 24.3 Å². The molecule has 0 fully saturated rings. The fourth-order valence-corrected chi connectivity index (χ4v) is 2.37. The van der Waals surface area contributed by atoms with Crippen molar-refractivity contribution in [2.45, 2.75) is 32.6 Å². The van der Waals surface area contributed by atoms with Crippen molar-refractivity contribution in [2.24, 2.45) is 5.92 Å². The number of nitrogens with zero attached hydrogens (tertiary/aromatic N) is 4. The molecule has 2 rings (SSSR count). The van der Waals surface area contributed by atoms with Gasteiger partial charge in [0.25, 0.3) is 5.95 Å². The minimum absolute atomic E-state index is 0.0719. The summed E-state index contributed by atoms with van der Waals surface area (Å²) in [5.41, 5.74) is 6.44. The monoisotopic (exact) mass is 346 g/mol. The number of nitrogens with one attached hydrogen (secondary N) is 2. The second-order valence-electron chi connectivity index (χ2n) is 5.66. The highest BCUT2D eigenvalue weighted by molar-refractivity contribution is 5.80. The van der Waals surface area contributed by atoms with E-state index in [-0.39, 0.29) is 24.8 Å². The Hall–Kier alpha value is -2.81. The van der Waals surface area contributed by atoms with Crippen LogP contribution in [0.2, 0.25) is 0 Å². The second kappa shape index (κ2) is 9.48. The highest BCUT2D eigenvalue weighted by Crippen LogP contribution is 2.12. The van der Waals surface area contributed by atoms with Crippen LogP contribution in [0.1, 0.15) is 32.6 Å². The van der Waals surface area contributed by atoms with Crippen LogP contribution >= 0.6 is 0 Å². The molecule has 2 amide bonds. The number of hydroxylamine groups is 2. The van der Waals surface area contributed by atoms with Crippen molar-refractivity contribution >= 4 is 29.3 Å². The van der Waals surface area contributed by atoms with Gasteiger partial charge in [0.05, 0.1) is 18.0 Å². The molecule has 1 heterocycles. The Morgan fingerprint density at radius 3 is 2.76 bits per heavy atom. The van der Waals surface area contributed by atoms with Gasteiger partial charge in [-0.3, -0.25) is 25.6 Å². The van der Waals surface area contributed by atoms with E-state index in [2.05, 4.69) is 33.0 Å². The Balaban J connectivity index is 1.96. The van der Waals surface area contributed by atoms with E-state index in [1.54, 1.807) is 12.1 Å². The molecule has 0 bridgehead atoms. The number of fused-ring (bicyclic) bond motifs is 1. The van der Waals surface area contributed by atoms with Gasteiger partial charge in [-0.1, -0.05) is 38.3 Å². The summed E-state index contributed by atoms with van der Waals surface area (Å²) in [6, 6.07) is 7.25. The molecule has 134 valence electrons. The Morgan fingerprint density at radius 1 is 1.28 bits per heavy atom. The van der Waals surface area contributed by atoms with Crippen LogP contribution in [-0.4, -0.2) is 44.3 Å². The van der Waals surface area contributed by atoms with Crippen LogP contribution < -0.4 is 10.9 Å². The van der Waals surface area contributed by atoms with Crippen molar-refractivity contribution in [3.63, 3.8) is 0 Å². The summed E-state index contributed by atoms with van der Waals surface area (Å²) in [7, 11) is 0. The molecule has 3 N–H and O–H groups in total. The van der Waals surface area contributed by atoms with Gasteiger partial charge in [0.1, 0.15) is 5.52 Å². The molecule has 0 unspecified atom stereocenters. The molecular formula is C16H22N6O3. The van der Waals surface area contributed by atoms with Gasteiger partial charge >= 0.3 is 0 Å². The zero-order chi connectivity index (χ0) is 18.1. The molecule has 9 nitrogen and oxygen atoms in total. The number of para-hydroxylation sites is 1. The van der Waals surface area contributed by atoms with Crippen LogP contribution in [0.3, 0.4) is 0 Å². The van der Waals surface area contributed by atoms with E-state index in [1.165, 1.54) is 0 Å². The maximum absolute atomic E-state index is 12.3. The fraction of sp³-hybridized carbons (Fsp3) is 0.438. The van der Waals surface area contributed by atoms with Crippen molar-refractivity contribution in [1.29, 1.82) is 0 Å². The van der Waals surface area contributed by atoms with Gasteiger partial charge < -0.3 is 0 Å². The highest BCUT2D eigenvalue weighted by atomic mass is 16.5. The van der Waals surface area contributed by atoms with Crippen LogP contribution in [0, 0.1) is 5.92 Å². The summed E-state index contributed by atoms with van der Waals surface area (Å²) in [4.78, 5) is 27.2. The topological polar surface area (TPSA) is 120 Å². The van der Waals surface area contributed by atoms with E-state index in [1.807, 2.05) is 12.1 Å². The van der Waals surface area contributed by atoms with E-state index in [9.17, 15) is 14.8 Å². The number of carbonyl (C=O) groups excluding carboxylic acids is 2. The van der Waals surface area contributed by atoms with E-state index < -0.39 is 5.92 Å². The van der Waals surface area contributed by atoms with Crippen molar-refractivity contribution in [1.82, 2.24) is 25.7 Å². The Bertz CT molecular complexity index is 711. The number of unbranched alkanes of at least 4 members (excludes halogenated alkanes) is 2. The first-order chi connectivity index (χ1) is 12.1. The maximum Gasteiger partial charge on any atom is 0.262 e. The number of hydrogen-bond donors (Lipinski definition) is 3. The second-order valence-corrected chi connectivity index (χ2v) is 5.66. The lowest BCUT2D eigenvalue weighted by molar-refractivity contribution is -0.154. The largest absolute Gasteiger partial charge is 0.286 e. The smallest absolute Gasteiger partial charge is 0.262 e. The highest BCUT2D eigenvalue weighted by Gasteiger charge is 2.20. The Labute approximate surface area is 145 Å². The van der Waals surface area contributed by atoms with Crippen molar-refractivity contribution in [3.8, 4) is 0 Å². The maximum atomic E-state index is 12.3. The lowest BCUT2D eigenvalue weighted by Crippen LogP contribution is -2.40. The molecule has 2 aromatic rings. The summed E-state index contributed by atoms with van der Waals surface area (Å²) in [6.07, 6.45) is 3.66. The summed E-state index contributed by atoms with van der Waals surface area (Å²) in [5.74, 6) is -0.730. The molecule has 0 aliphatic heterocycles. The zero-order valence-corrected chi connectivity index (χ0v) is 14.1. The van der Waals surface area contributed by atoms with Crippen molar-refractivity contribution < 1.29 is 14.8 Å². The average Bonchev–Trinajstić information content (AvgIpc) is 2.65. The van der Waals surface area contributed by atoms with E-state index in [4.69, 9.17) is 0 Å². The van der Waals surface area contributed by atoms with Crippen LogP contribution in [0.25, 0.3) is 11.0 Å². The van der Waals surface area contributed by atoms with Crippen LogP contribution in [0.5, 0.6) is 0 Å². The van der Waals surface area contributed by atoms with Crippen molar-refractivity contribution in [2.75, 3.05) is 12.0 Å². The van der Waals surface area contributed by atoms with Crippen LogP contribution in [-0.2, 0) is 9.59 Å². The normalized spacial score (nSPS) is 11.8. The first-order valence-electron chi connectivity index (χ1n) is 8.20. The Kier molecular flexibility index (Phi) is 7.02. The molecule has 9 heteroatoms. The molecule has 1 aromatic carbocycles. The molecular weight excluding hydrogens is 324 g/mol. The Morgan fingerprint density at radius 2 is 2.04 bits per heavy atom. The summed E-state index contributed by atoms with van der Waals surface area (Å²) >= 11 is 0. The lowest BCUT2D eigenvalue weighted by Gasteiger charge is -2.19. The molecule has 1 atom stereocenters. The molecule has 0 spiro atoms. The van der Waals surface area contributed by atoms with Gasteiger partial charge in [-0.15, -0.1) is 10.2 Å². The average molecular weight is 346 g/mol. The van der Waals surface area contributed by atoms with Gasteiger partial charge in [-0.25, -0.2) is 10.0 Å². The van der Waals surface area contributed by atoms with Gasteiger partial charge in [0.2, 0.25) is 12.3 Å². The first kappa shape index (κ1) is 18.5. The SMILES string of the molecule is CCCCC[C@@H](CN(O)C=O)C(=O)NNc1nnc2ccccc2n1. The number of amides is 2. The number of aromatic nitrogens is 3. The fourth-order valence-electron chi connectivity index (χ4n) is 2.37. The standard InChI is InChI=1S/C16H22N6O3/c1-2-3-4-7-12(10-22(25)11-23)15(24)19-21-16-17-13-8-5-6-9-14(13)18-20-16/h5-6,8-9,11-12,25H,2-4,7,10H2,1H3,(H,19,24)(H,17,20,21)/t12-/m0/s1. The first-order valence-corrected chi connectivity index (χ1v) is 8.20. The third kappa shape index (κ3) is 5.64. The van der Waals surface area contributed by atoms with Gasteiger partial charge in [-0.2, -0.15) is 0 Å². The van der Waals surface area contributed by atoms with E-state index in [0.29, 0.717) is 22.5 Å². The number of hydrogen-bond acceptors (Lipinski definition) is 7. The van der Waals surface area contributed by atoms with Gasteiger partial charge in [0.15, 0.2) is 0 Å². The summed E-state index contributed by atoms with van der Waals surface area (Å²) in [6.45, 7) is 1.99. The number of hydrazine groups is 1.